The Hall–Kier alpha value is -3.61. The number of ether oxygens (including phenoxy) is 1. The highest BCUT2D eigenvalue weighted by Gasteiger charge is 2.41. The first-order valence-electron chi connectivity index (χ1n) is 13.9. The van der Waals surface area contributed by atoms with Gasteiger partial charge in [0.25, 0.3) is 0 Å². The van der Waals surface area contributed by atoms with E-state index in [0.717, 1.165) is 27.6 Å². The minimum absolute atomic E-state index is 0.0495. The van der Waals surface area contributed by atoms with Crippen LogP contribution in [0.25, 0.3) is 0 Å². The van der Waals surface area contributed by atoms with Gasteiger partial charge in [0.2, 0.25) is 5.13 Å². The van der Waals surface area contributed by atoms with Crippen LogP contribution >= 0.6 is 23.1 Å². The molecule has 9 heteroatoms. The molecule has 1 unspecified atom stereocenters. The number of Topliss-reactive ketones (excluding diaryl/α,β-unsaturated/α-hetero) is 1. The molecule has 0 spiro atoms. The van der Waals surface area contributed by atoms with Crippen LogP contribution in [0.4, 0.5) is 5.13 Å². The van der Waals surface area contributed by atoms with Gasteiger partial charge in [-0.15, -0.1) is 10.2 Å². The van der Waals surface area contributed by atoms with Gasteiger partial charge in [0, 0.05) is 22.9 Å². The second kappa shape index (κ2) is 11.9. The standard InChI is InChI=1S/C31H31N5O2S2/c32-18-24-27(21-11-7-12-22(17-21)38-19-20-9-3-1-4-10-20)28-25(15-8-16-26(28)37)36(29(24)33)30-34-35-31(40-30)39-23-13-5-2-6-14-23/h1,3-4,7,9-12,17,23,27H,2,5-6,8,13-16,19,33H2. The van der Waals surface area contributed by atoms with Crippen LogP contribution in [0.2, 0.25) is 0 Å². The van der Waals surface area contributed by atoms with E-state index < -0.39 is 5.92 Å². The summed E-state index contributed by atoms with van der Waals surface area (Å²) < 4.78 is 6.98. The second-order valence-corrected chi connectivity index (χ2v) is 12.9. The van der Waals surface area contributed by atoms with E-state index in [1.165, 1.54) is 43.4 Å². The van der Waals surface area contributed by atoms with E-state index in [0.29, 0.717) is 52.5 Å². The maximum Gasteiger partial charge on any atom is 0.219 e. The molecular weight excluding hydrogens is 539 g/mol. The maximum absolute atomic E-state index is 13.5. The Labute approximate surface area is 242 Å². The van der Waals surface area contributed by atoms with Crippen LogP contribution < -0.4 is 15.4 Å². The van der Waals surface area contributed by atoms with Gasteiger partial charge in [-0.25, -0.2) is 0 Å². The molecule has 0 saturated heterocycles. The third kappa shape index (κ3) is 5.38. The number of nitriles is 1. The highest BCUT2D eigenvalue weighted by molar-refractivity contribution is 8.01. The number of nitrogens with zero attached hydrogens (tertiary/aromatic N) is 4. The van der Waals surface area contributed by atoms with Crippen molar-refractivity contribution in [2.75, 3.05) is 4.90 Å². The highest BCUT2D eigenvalue weighted by Crippen LogP contribution is 2.48. The number of carbonyl (C=O) groups excluding carboxylic acids is 1. The molecule has 6 rings (SSSR count). The molecule has 1 aromatic heterocycles. The molecule has 1 aliphatic heterocycles. The number of ketones is 1. The number of nitrogens with two attached hydrogens (primary N) is 1. The summed E-state index contributed by atoms with van der Waals surface area (Å²) in [7, 11) is 0. The van der Waals surface area contributed by atoms with E-state index in [2.05, 4.69) is 16.3 Å². The molecule has 3 aliphatic rings. The van der Waals surface area contributed by atoms with Crippen molar-refractivity contribution in [1.82, 2.24) is 10.2 Å². The molecule has 7 nitrogen and oxygen atoms in total. The third-order valence-electron chi connectivity index (χ3n) is 7.76. The molecular formula is C31H31N5O2S2. The molecule has 1 saturated carbocycles. The smallest absolute Gasteiger partial charge is 0.219 e. The van der Waals surface area contributed by atoms with Crippen molar-refractivity contribution in [3.8, 4) is 11.8 Å². The summed E-state index contributed by atoms with van der Waals surface area (Å²) in [4.78, 5) is 15.3. The van der Waals surface area contributed by atoms with E-state index in [9.17, 15) is 10.1 Å². The second-order valence-electron chi connectivity index (χ2n) is 10.4. The van der Waals surface area contributed by atoms with Crippen molar-refractivity contribution < 1.29 is 9.53 Å². The maximum atomic E-state index is 13.5. The van der Waals surface area contributed by atoms with Gasteiger partial charge in [-0.3, -0.25) is 9.69 Å². The zero-order chi connectivity index (χ0) is 27.5. The lowest BCUT2D eigenvalue weighted by Crippen LogP contribution is -2.38. The first-order valence-corrected chi connectivity index (χ1v) is 15.5. The van der Waals surface area contributed by atoms with E-state index in [1.54, 1.807) is 11.8 Å². The number of hydrogen-bond donors (Lipinski definition) is 1. The Morgan fingerprint density at radius 2 is 1.88 bits per heavy atom. The molecule has 1 atom stereocenters. The molecule has 2 aliphatic carbocycles. The zero-order valence-corrected chi connectivity index (χ0v) is 23.8. The molecule has 2 heterocycles. The third-order valence-corrected chi connectivity index (χ3v) is 10.1. The van der Waals surface area contributed by atoms with Crippen molar-refractivity contribution >= 4 is 34.0 Å². The summed E-state index contributed by atoms with van der Waals surface area (Å²) in [5.74, 6) is 0.502. The fraction of sp³-hybridized carbons (Fsp3) is 0.355. The summed E-state index contributed by atoms with van der Waals surface area (Å²) in [6, 6.07) is 20.0. The lowest BCUT2D eigenvalue weighted by Gasteiger charge is -2.38. The average molecular weight is 570 g/mol. The number of carbonyl (C=O) groups is 1. The van der Waals surface area contributed by atoms with E-state index in [-0.39, 0.29) is 5.78 Å². The summed E-state index contributed by atoms with van der Waals surface area (Å²) in [5.41, 5.74) is 10.5. The molecule has 2 N–H and O–H groups in total. The Bertz CT molecular complexity index is 1500. The lowest BCUT2D eigenvalue weighted by atomic mass is 9.76. The first kappa shape index (κ1) is 26.6. The monoisotopic (exact) mass is 569 g/mol. The summed E-state index contributed by atoms with van der Waals surface area (Å²) in [6.45, 7) is 0.428. The van der Waals surface area contributed by atoms with Crippen molar-refractivity contribution in [2.24, 2.45) is 5.73 Å². The molecule has 40 heavy (non-hydrogen) atoms. The van der Waals surface area contributed by atoms with Crippen LogP contribution in [0.5, 0.6) is 5.75 Å². The SMILES string of the molecule is N#CC1=C(N)N(c2nnc(SC3CCCCC3)s2)C2=C(C(=O)CCC2)C1c1cccc(OCc2ccccc2)c1. The number of thioether (sulfide) groups is 1. The predicted molar refractivity (Wildman–Crippen MR) is 158 cm³/mol. The summed E-state index contributed by atoms with van der Waals surface area (Å²) in [5, 5.41) is 20.5. The van der Waals surface area contributed by atoms with Gasteiger partial charge in [0.05, 0.1) is 17.6 Å². The van der Waals surface area contributed by atoms with E-state index in [1.807, 2.05) is 59.5 Å². The molecule has 0 radical (unpaired) electrons. The number of benzene rings is 2. The summed E-state index contributed by atoms with van der Waals surface area (Å²) in [6.07, 6.45) is 8.09. The van der Waals surface area contributed by atoms with Crippen molar-refractivity contribution in [2.45, 2.75) is 73.5 Å². The normalized spacial score (nSPS) is 19.9. The van der Waals surface area contributed by atoms with E-state index >= 15 is 0 Å². The van der Waals surface area contributed by atoms with Crippen LogP contribution in [-0.2, 0) is 11.4 Å². The molecule has 0 bridgehead atoms. The predicted octanol–water partition coefficient (Wildman–Crippen LogP) is 6.85. The van der Waals surface area contributed by atoms with Crippen LogP contribution in [0.3, 0.4) is 0 Å². The minimum atomic E-state index is -0.548. The van der Waals surface area contributed by atoms with Crippen molar-refractivity contribution in [3.63, 3.8) is 0 Å². The van der Waals surface area contributed by atoms with Crippen LogP contribution in [-0.4, -0.2) is 21.2 Å². The number of allylic oxidation sites excluding steroid dienone is 3. The van der Waals surface area contributed by atoms with Crippen molar-refractivity contribution in [3.05, 3.63) is 88.4 Å². The number of anilines is 1. The van der Waals surface area contributed by atoms with Gasteiger partial charge >= 0.3 is 0 Å². The molecule has 2 aromatic carbocycles. The van der Waals surface area contributed by atoms with Crippen LogP contribution in [0, 0.1) is 11.3 Å². The van der Waals surface area contributed by atoms with Gasteiger partial charge in [-0.2, -0.15) is 5.26 Å². The molecule has 3 aromatic rings. The van der Waals surface area contributed by atoms with Gasteiger partial charge in [0.15, 0.2) is 10.1 Å². The lowest BCUT2D eigenvalue weighted by molar-refractivity contribution is -0.116. The molecule has 1 fully saturated rings. The topological polar surface area (TPSA) is 105 Å². The minimum Gasteiger partial charge on any atom is -0.489 e. The Morgan fingerprint density at radius 3 is 2.67 bits per heavy atom. The zero-order valence-electron chi connectivity index (χ0n) is 22.2. The largest absolute Gasteiger partial charge is 0.489 e. The van der Waals surface area contributed by atoms with Crippen LogP contribution in [0.15, 0.2) is 81.6 Å². The summed E-state index contributed by atoms with van der Waals surface area (Å²) >= 11 is 3.28. The number of aromatic nitrogens is 2. The highest BCUT2D eigenvalue weighted by atomic mass is 32.2. The van der Waals surface area contributed by atoms with Gasteiger partial charge in [-0.05, 0) is 48.9 Å². The Kier molecular flexibility index (Phi) is 7.89. The van der Waals surface area contributed by atoms with E-state index in [4.69, 9.17) is 10.5 Å². The number of hydrogen-bond acceptors (Lipinski definition) is 9. The fourth-order valence-corrected chi connectivity index (χ4v) is 8.21. The quantitative estimate of drug-likeness (QED) is 0.329. The first-order chi connectivity index (χ1) is 19.6. The van der Waals surface area contributed by atoms with Gasteiger partial charge < -0.3 is 10.5 Å². The van der Waals surface area contributed by atoms with Crippen LogP contribution in [0.1, 0.15) is 68.4 Å². The Balaban J connectivity index is 1.34. The fourth-order valence-electron chi connectivity index (χ4n) is 5.83. The average Bonchev–Trinajstić information content (AvgIpc) is 3.44. The molecule has 0 amide bonds. The molecule has 204 valence electrons. The van der Waals surface area contributed by atoms with Crippen molar-refractivity contribution in [1.29, 1.82) is 5.26 Å². The Morgan fingerprint density at radius 1 is 1.05 bits per heavy atom. The number of rotatable bonds is 7. The van der Waals surface area contributed by atoms with Gasteiger partial charge in [0.1, 0.15) is 18.2 Å². The van der Waals surface area contributed by atoms with Gasteiger partial charge in [-0.1, -0.05) is 84.8 Å².